The van der Waals surface area contributed by atoms with Crippen molar-refractivity contribution in [1.29, 1.82) is 0 Å². The first-order valence-electron chi connectivity index (χ1n) is 7.80. The summed E-state index contributed by atoms with van der Waals surface area (Å²) in [5, 5.41) is 3.46. The second-order valence-corrected chi connectivity index (χ2v) is 8.57. The second-order valence-electron chi connectivity index (χ2n) is 6.29. The molecule has 0 aliphatic carbocycles. The topological polar surface area (TPSA) is 53.9 Å². The Balaban J connectivity index is 1.79. The number of benzene rings is 1. The summed E-state index contributed by atoms with van der Waals surface area (Å²) in [6, 6.07) is 8.81. The van der Waals surface area contributed by atoms with Crippen LogP contribution in [0.3, 0.4) is 0 Å². The summed E-state index contributed by atoms with van der Waals surface area (Å²) in [6.45, 7) is 3.82. The highest BCUT2D eigenvalue weighted by molar-refractivity contribution is 6.66. The lowest BCUT2D eigenvalue weighted by molar-refractivity contribution is 0.570. The normalized spacial score (nSPS) is 23.1. The number of hydrogen-bond donors (Lipinski definition) is 1. The quantitative estimate of drug-likeness (QED) is 0.806. The summed E-state index contributed by atoms with van der Waals surface area (Å²) in [5.41, 5.74) is 2.04. The van der Waals surface area contributed by atoms with Crippen molar-refractivity contribution >= 4 is 40.8 Å². The van der Waals surface area contributed by atoms with Crippen LogP contribution in [0.5, 0.6) is 0 Å². The summed E-state index contributed by atoms with van der Waals surface area (Å²) in [4.78, 5) is 15.6. The van der Waals surface area contributed by atoms with Crippen molar-refractivity contribution in [1.82, 2.24) is 20.3 Å². The van der Waals surface area contributed by atoms with Gasteiger partial charge in [-0.3, -0.25) is 0 Å². The van der Waals surface area contributed by atoms with Crippen LogP contribution in [-0.2, 0) is 3.79 Å². The molecule has 1 N–H and O–H groups in total. The third-order valence-corrected chi connectivity index (χ3v) is 5.01. The molecule has 0 spiro atoms. The van der Waals surface area contributed by atoms with E-state index in [4.69, 9.17) is 34.8 Å². The number of aromatic nitrogens is 3. The van der Waals surface area contributed by atoms with Crippen LogP contribution in [0.1, 0.15) is 17.8 Å². The molecule has 5 nitrogen and oxygen atoms in total. The predicted octanol–water partition coefficient (Wildman–Crippen LogP) is 3.22. The van der Waals surface area contributed by atoms with Gasteiger partial charge in [0.15, 0.2) is 11.6 Å². The Morgan fingerprint density at radius 3 is 2.46 bits per heavy atom. The maximum Gasteiger partial charge on any atom is 0.250 e. The first-order valence-corrected chi connectivity index (χ1v) is 8.94. The number of rotatable bonds is 2. The van der Waals surface area contributed by atoms with Crippen LogP contribution in [0, 0.1) is 6.92 Å². The molecule has 2 aliphatic heterocycles. The molecule has 8 heteroatoms. The van der Waals surface area contributed by atoms with E-state index < -0.39 is 3.79 Å². The van der Waals surface area contributed by atoms with Gasteiger partial charge in [0, 0.05) is 30.7 Å². The van der Waals surface area contributed by atoms with Crippen LogP contribution < -0.4 is 10.2 Å². The van der Waals surface area contributed by atoms with E-state index >= 15 is 0 Å². The van der Waals surface area contributed by atoms with E-state index in [1.54, 1.807) is 0 Å². The molecule has 2 unspecified atom stereocenters. The summed E-state index contributed by atoms with van der Waals surface area (Å²) in [6.07, 6.45) is 1.09. The average Bonchev–Trinajstić information content (AvgIpc) is 3.17. The number of nitrogens with zero attached hydrogens (tertiary/aromatic N) is 4. The minimum absolute atomic E-state index is 0.156. The molecule has 0 amide bonds. The Hall–Kier alpha value is -1.14. The van der Waals surface area contributed by atoms with Crippen molar-refractivity contribution in [2.45, 2.75) is 29.2 Å². The van der Waals surface area contributed by atoms with Crippen LogP contribution in [0.2, 0.25) is 0 Å². The maximum absolute atomic E-state index is 6.05. The first kappa shape index (κ1) is 16.3. The molecular formula is C16H16Cl3N5. The summed E-state index contributed by atoms with van der Waals surface area (Å²) in [7, 11) is 0. The number of anilines is 1. The minimum atomic E-state index is -1.69. The fraction of sp³-hybridized carbons (Fsp3) is 0.438. The smallest absolute Gasteiger partial charge is 0.250 e. The van der Waals surface area contributed by atoms with Gasteiger partial charge in [-0.2, -0.15) is 9.97 Å². The molecule has 2 aliphatic rings. The van der Waals surface area contributed by atoms with Crippen molar-refractivity contribution < 1.29 is 0 Å². The van der Waals surface area contributed by atoms with E-state index in [1.165, 1.54) is 0 Å². The molecule has 1 aromatic carbocycles. The van der Waals surface area contributed by atoms with E-state index in [2.05, 4.69) is 25.2 Å². The molecule has 3 heterocycles. The van der Waals surface area contributed by atoms with Crippen LogP contribution in [0.4, 0.5) is 5.95 Å². The highest BCUT2D eigenvalue weighted by atomic mass is 35.6. The number of fused-ring (bicyclic) bond motifs is 2. The SMILES string of the molecule is Cc1ccc(-c2nc(N3CC4CC3CN4)nc(C(Cl)(Cl)Cl)n2)cc1. The Labute approximate surface area is 155 Å². The lowest BCUT2D eigenvalue weighted by Crippen LogP contribution is -2.44. The lowest BCUT2D eigenvalue weighted by atomic mass is 10.1. The van der Waals surface area contributed by atoms with Crippen molar-refractivity contribution in [2.75, 3.05) is 18.0 Å². The van der Waals surface area contributed by atoms with Gasteiger partial charge in [0.25, 0.3) is 0 Å². The predicted molar refractivity (Wildman–Crippen MR) is 96.8 cm³/mol. The van der Waals surface area contributed by atoms with Crippen LogP contribution in [-0.4, -0.2) is 40.1 Å². The fourth-order valence-corrected chi connectivity index (χ4v) is 3.51. The van der Waals surface area contributed by atoms with Crippen molar-refractivity contribution in [2.24, 2.45) is 0 Å². The Morgan fingerprint density at radius 1 is 1.12 bits per heavy atom. The molecule has 0 radical (unpaired) electrons. The van der Waals surface area contributed by atoms with Crippen LogP contribution in [0.15, 0.2) is 24.3 Å². The van der Waals surface area contributed by atoms with E-state index in [0.29, 0.717) is 23.9 Å². The van der Waals surface area contributed by atoms with E-state index in [-0.39, 0.29) is 5.82 Å². The van der Waals surface area contributed by atoms with Gasteiger partial charge < -0.3 is 10.2 Å². The van der Waals surface area contributed by atoms with Gasteiger partial charge in [-0.15, -0.1) is 0 Å². The lowest BCUT2D eigenvalue weighted by Gasteiger charge is -2.28. The fourth-order valence-electron chi connectivity index (χ4n) is 3.26. The Morgan fingerprint density at radius 2 is 1.88 bits per heavy atom. The molecule has 126 valence electrons. The summed E-state index contributed by atoms with van der Waals surface area (Å²) in [5.74, 6) is 1.26. The number of halogens is 3. The van der Waals surface area contributed by atoms with Gasteiger partial charge in [0.2, 0.25) is 9.74 Å². The standard InChI is InChI=1S/C16H16Cl3N5/c1-9-2-4-10(5-3-9)13-21-14(16(17,18)19)23-15(22-13)24-8-11-6-12(24)7-20-11/h2-5,11-12,20H,6-8H2,1H3. The number of alkyl halides is 3. The zero-order valence-corrected chi connectivity index (χ0v) is 15.3. The Bertz CT molecular complexity index is 759. The molecule has 2 saturated heterocycles. The van der Waals surface area contributed by atoms with Crippen molar-refractivity contribution in [3.63, 3.8) is 0 Å². The number of piperazine rings is 1. The van der Waals surface area contributed by atoms with Gasteiger partial charge in [-0.1, -0.05) is 64.6 Å². The van der Waals surface area contributed by atoms with Gasteiger partial charge in [0.1, 0.15) is 0 Å². The molecule has 24 heavy (non-hydrogen) atoms. The molecule has 2 bridgehead atoms. The third-order valence-electron chi connectivity index (χ3n) is 4.50. The molecule has 2 aromatic rings. The zero-order chi connectivity index (χ0) is 16.9. The van der Waals surface area contributed by atoms with Crippen molar-refractivity contribution in [3.05, 3.63) is 35.7 Å². The molecular weight excluding hydrogens is 369 g/mol. The second kappa shape index (κ2) is 5.99. The van der Waals surface area contributed by atoms with Crippen LogP contribution >= 0.6 is 34.8 Å². The van der Waals surface area contributed by atoms with Gasteiger partial charge >= 0.3 is 0 Å². The molecule has 2 atom stereocenters. The number of hydrogen-bond acceptors (Lipinski definition) is 5. The zero-order valence-electron chi connectivity index (χ0n) is 13.0. The molecule has 2 fully saturated rings. The third kappa shape index (κ3) is 3.06. The first-order chi connectivity index (χ1) is 11.4. The summed E-state index contributed by atoms with van der Waals surface area (Å²) < 4.78 is -1.69. The molecule has 1 aromatic heterocycles. The van der Waals surface area contributed by atoms with E-state index in [9.17, 15) is 0 Å². The monoisotopic (exact) mass is 383 g/mol. The van der Waals surface area contributed by atoms with Gasteiger partial charge in [-0.25, -0.2) is 4.98 Å². The highest BCUT2D eigenvalue weighted by Gasteiger charge is 2.40. The maximum atomic E-state index is 6.05. The van der Waals surface area contributed by atoms with Gasteiger partial charge in [-0.05, 0) is 13.3 Å². The largest absolute Gasteiger partial charge is 0.335 e. The molecule has 0 saturated carbocycles. The molecule has 4 rings (SSSR count). The Kier molecular flexibility index (Phi) is 4.07. The van der Waals surface area contributed by atoms with Crippen LogP contribution in [0.25, 0.3) is 11.4 Å². The average molecular weight is 385 g/mol. The van der Waals surface area contributed by atoms with E-state index in [1.807, 2.05) is 31.2 Å². The highest BCUT2D eigenvalue weighted by Crippen LogP contribution is 2.38. The summed E-state index contributed by atoms with van der Waals surface area (Å²) >= 11 is 18.1. The van der Waals surface area contributed by atoms with Gasteiger partial charge in [0.05, 0.1) is 0 Å². The number of aryl methyl sites for hydroxylation is 1. The van der Waals surface area contributed by atoms with Crippen molar-refractivity contribution in [3.8, 4) is 11.4 Å². The van der Waals surface area contributed by atoms with E-state index in [0.717, 1.165) is 30.6 Å². The minimum Gasteiger partial charge on any atom is -0.335 e. The number of nitrogens with one attached hydrogen (secondary N) is 1.